The molecule has 1 heterocycles. The lowest BCUT2D eigenvalue weighted by atomic mass is 10.1. The maximum atomic E-state index is 2.71. The number of rotatable bonds is 7. The van der Waals surface area contributed by atoms with Crippen LogP contribution in [0.2, 0.25) is 0 Å². The molecule has 0 saturated carbocycles. The van der Waals surface area contributed by atoms with Crippen LogP contribution in [-0.4, -0.2) is 98.1 Å². The summed E-state index contributed by atoms with van der Waals surface area (Å²) in [6, 6.07) is 0. The number of hydrogen-bond donors (Lipinski definition) is 0. The van der Waals surface area contributed by atoms with Crippen molar-refractivity contribution >= 4 is 0 Å². The molecule has 0 bridgehead atoms. The second kappa shape index (κ2) is 13.1. The molecule has 0 aromatic heterocycles. The SMILES string of the molecule is CCN1CCN(CC(C)C)CCN(CC(C)C)CCN(CC(C)C)CC1. The van der Waals surface area contributed by atoms with Crippen LogP contribution in [0.1, 0.15) is 48.5 Å². The van der Waals surface area contributed by atoms with Crippen LogP contribution in [0, 0.1) is 17.8 Å². The molecule has 0 aromatic rings. The molecule has 1 fully saturated rings. The third kappa shape index (κ3) is 10.9. The van der Waals surface area contributed by atoms with Gasteiger partial charge in [-0.25, -0.2) is 0 Å². The number of likely N-dealkylation sites (N-methyl/N-ethyl adjacent to an activating group) is 1. The minimum atomic E-state index is 0.746. The van der Waals surface area contributed by atoms with Gasteiger partial charge in [0.2, 0.25) is 0 Å². The van der Waals surface area contributed by atoms with E-state index in [1.165, 1.54) is 78.5 Å². The average Bonchev–Trinajstić information content (AvgIpc) is 2.53. The molecule has 1 aliphatic rings. The van der Waals surface area contributed by atoms with Crippen LogP contribution >= 0.6 is 0 Å². The van der Waals surface area contributed by atoms with Crippen molar-refractivity contribution in [3.8, 4) is 0 Å². The molecule has 0 aromatic carbocycles. The van der Waals surface area contributed by atoms with Gasteiger partial charge in [-0.3, -0.25) is 0 Å². The maximum Gasteiger partial charge on any atom is 0.0110 e. The molecule has 4 nitrogen and oxygen atoms in total. The molecule has 1 aliphatic heterocycles. The van der Waals surface area contributed by atoms with Gasteiger partial charge in [-0.2, -0.15) is 0 Å². The summed E-state index contributed by atoms with van der Waals surface area (Å²) in [6.07, 6.45) is 0. The lowest BCUT2D eigenvalue weighted by Crippen LogP contribution is -2.47. The molecule has 0 radical (unpaired) electrons. The molecule has 26 heavy (non-hydrogen) atoms. The first-order valence-electron chi connectivity index (χ1n) is 11.2. The summed E-state index contributed by atoms with van der Waals surface area (Å²) in [5.41, 5.74) is 0. The summed E-state index contributed by atoms with van der Waals surface area (Å²) in [5.74, 6) is 2.24. The third-order valence-corrected chi connectivity index (χ3v) is 5.25. The van der Waals surface area contributed by atoms with Gasteiger partial charge in [0.1, 0.15) is 0 Å². The number of hydrogen-bond acceptors (Lipinski definition) is 4. The van der Waals surface area contributed by atoms with Gasteiger partial charge in [0.15, 0.2) is 0 Å². The van der Waals surface area contributed by atoms with Crippen LogP contribution in [0.15, 0.2) is 0 Å². The molecule has 1 rings (SSSR count). The van der Waals surface area contributed by atoms with E-state index in [-0.39, 0.29) is 0 Å². The molecule has 0 amide bonds. The Morgan fingerprint density at radius 3 is 0.885 bits per heavy atom. The zero-order valence-electron chi connectivity index (χ0n) is 19.0. The second-order valence-electron chi connectivity index (χ2n) is 9.52. The fourth-order valence-corrected chi connectivity index (χ4v) is 3.99. The Balaban J connectivity index is 2.77. The molecule has 156 valence electrons. The minimum Gasteiger partial charge on any atom is -0.301 e. The highest BCUT2D eigenvalue weighted by Crippen LogP contribution is 2.07. The molecule has 0 N–H and O–H groups in total. The van der Waals surface area contributed by atoms with Crippen molar-refractivity contribution in [1.82, 2.24) is 19.6 Å². The zero-order chi connectivity index (χ0) is 19.5. The van der Waals surface area contributed by atoms with Gasteiger partial charge in [0.05, 0.1) is 0 Å². The van der Waals surface area contributed by atoms with Gasteiger partial charge in [-0.15, -0.1) is 0 Å². The highest BCUT2D eigenvalue weighted by molar-refractivity contribution is 4.73. The lowest BCUT2D eigenvalue weighted by Gasteiger charge is -2.35. The summed E-state index contributed by atoms with van der Waals surface area (Å²) in [7, 11) is 0. The van der Waals surface area contributed by atoms with E-state index < -0.39 is 0 Å². The van der Waals surface area contributed by atoms with Crippen LogP contribution in [0.3, 0.4) is 0 Å². The van der Waals surface area contributed by atoms with E-state index in [1.807, 2.05) is 0 Å². The summed E-state index contributed by atoms with van der Waals surface area (Å²) in [6.45, 7) is 31.0. The molecule has 0 aliphatic carbocycles. The van der Waals surface area contributed by atoms with E-state index >= 15 is 0 Å². The van der Waals surface area contributed by atoms with Crippen molar-refractivity contribution in [3.63, 3.8) is 0 Å². The van der Waals surface area contributed by atoms with Crippen molar-refractivity contribution < 1.29 is 0 Å². The van der Waals surface area contributed by atoms with Gasteiger partial charge in [0, 0.05) is 72.0 Å². The van der Waals surface area contributed by atoms with E-state index in [0.717, 1.165) is 17.8 Å². The predicted molar refractivity (Wildman–Crippen MR) is 116 cm³/mol. The zero-order valence-corrected chi connectivity index (χ0v) is 19.0. The van der Waals surface area contributed by atoms with Gasteiger partial charge in [-0.1, -0.05) is 48.5 Å². The molecule has 0 spiro atoms. The molecule has 1 saturated heterocycles. The Hall–Kier alpha value is -0.160. The van der Waals surface area contributed by atoms with Crippen molar-refractivity contribution in [2.24, 2.45) is 17.8 Å². The summed E-state index contributed by atoms with van der Waals surface area (Å²) in [5, 5.41) is 0. The van der Waals surface area contributed by atoms with Gasteiger partial charge in [-0.05, 0) is 24.3 Å². The lowest BCUT2D eigenvalue weighted by molar-refractivity contribution is 0.119. The molecular formula is C22H48N4. The number of nitrogens with zero attached hydrogens (tertiary/aromatic N) is 4. The van der Waals surface area contributed by atoms with Crippen LogP contribution in [0.4, 0.5) is 0 Å². The fraction of sp³-hybridized carbons (Fsp3) is 1.00. The van der Waals surface area contributed by atoms with Gasteiger partial charge >= 0.3 is 0 Å². The van der Waals surface area contributed by atoms with E-state index in [2.05, 4.69) is 68.1 Å². The predicted octanol–water partition coefficient (Wildman–Crippen LogP) is 3.20. The Labute approximate surface area is 164 Å². The largest absolute Gasteiger partial charge is 0.301 e. The Morgan fingerprint density at radius 1 is 0.462 bits per heavy atom. The van der Waals surface area contributed by atoms with Crippen molar-refractivity contribution in [2.75, 3.05) is 78.5 Å². The standard InChI is InChI=1S/C22H48N4/c1-8-23-9-11-24(17-20(2)3)13-15-26(19-22(6)7)16-14-25(12-10-23)18-21(4)5/h20-22H,8-19H2,1-7H3. The van der Waals surface area contributed by atoms with Crippen LogP contribution in [0.25, 0.3) is 0 Å². The first kappa shape index (κ1) is 23.9. The highest BCUT2D eigenvalue weighted by atomic mass is 15.3. The Kier molecular flexibility index (Phi) is 12.0. The molecule has 4 heteroatoms. The van der Waals surface area contributed by atoms with Crippen LogP contribution in [0.5, 0.6) is 0 Å². The Bertz CT molecular complexity index is 317. The Morgan fingerprint density at radius 2 is 0.692 bits per heavy atom. The topological polar surface area (TPSA) is 13.0 Å². The first-order chi connectivity index (χ1) is 12.3. The van der Waals surface area contributed by atoms with Crippen molar-refractivity contribution in [1.29, 1.82) is 0 Å². The van der Waals surface area contributed by atoms with Crippen molar-refractivity contribution in [2.45, 2.75) is 48.5 Å². The second-order valence-corrected chi connectivity index (χ2v) is 9.52. The highest BCUT2D eigenvalue weighted by Gasteiger charge is 2.17. The third-order valence-electron chi connectivity index (χ3n) is 5.25. The van der Waals surface area contributed by atoms with E-state index in [9.17, 15) is 0 Å². The average molecular weight is 369 g/mol. The normalized spacial score (nSPS) is 21.5. The molecule has 0 unspecified atom stereocenters. The van der Waals surface area contributed by atoms with E-state index in [1.54, 1.807) is 0 Å². The monoisotopic (exact) mass is 368 g/mol. The first-order valence-corrected chi connectivity index (χ1v) is 11.2. The quantitative estimate of drug-likeness (QED) is 0.684. The molecular weight excluding hydrogens is 320 g/mol. The van der Waals surface area contributed by atoms with Crippen molar-refractivity contribution in [3.05, 3.63) is 0 Å². The van der Waals surface area contributed by atoms with Crippen LogP contribution in [-0.2, 0) is 0 Å². The summed E-state index contributed by atoms with van der Waals surface area (Å²) >= 11 is 0. The van der Waals surface area contributed by atoms with Gasteiger partial charge in [0.25, 0.3) is 0 Å². The molecule has 0 atom stereocenters. The summed E-state index contributed by atoms with van der Waals surface area (Å²) < 4.78 is 0. The smallest absolute Gasteiger partial charge is 0.0110 e. The van der Waals surface area contributed by atoms with Crippen LogP contribution < -0.4 is 0 Å². The minimum absolute atomic E-state index is 0.746. The fourth-order valence-electron chi connectivity index (χ4n) is 3.99. The maximum absolute atomic E-state index is 2.71. The van der Waals surface area contributed by atoms with E-state index in [4.69, 9.17) is 0 Å². The summed E-state index contributed by atoms with van der Waals surface area (Å²) in [4.78, 5) is 10.8. The van der Waals surface area contributed by atoms with Gasteiger partial charge < -0.3 is 19.6 Å². The van der Waals surface area contributed by atoms with E-state index in [0.29, 0.717) is 0 Å².